The maximum atomic E-state index is 14.4. The van der Waals surface area contributed by atoms with Gasteiger partial charge in [-0.3, -0.25) is 9.97 Å². The molecule has 0 saturated heterocycles. The lowest BCUT2D eigenvalue weighted by Crippen LogP contribution is -2.27. The monoisotopic (exact) mass is 452 g/mol. The van der Waals surface area contributed by atoms with Crippen LogP contribution in [-0.2, 0) is 5.41 Å². The zero-order valence-corrected chi connectivity index (χ0v) is 17.2. The minimum Gasteiger partial charge on any atom is -0.252 e. The smallest absolute Gasteiger partial charge is 0.224 e. The molecule has 0 aliphatic heterocycles. The summed E-state index contributed by atoms with van der Waals surface area (Å²) in [6, 6.07) is 11.1. The first-order valence-electron chi connectivity index (χ1n) is 11.4. The molecule has 1 fully saturated rings. The Bertz CT molecular complexity index is 1340. The van der Waals surface area contributed by atoms with Gasteiger partial charge in [0.2, 0.25) is 23.8 Å². The molecule has 5 rings (SSSR count). The van der Waals surface area contributed by atoms with Crippen LogP contribution in [0.4, 0.5) is 17.6 Å². The number of halogens is 4. The van der Waals surface area contributed by atoms with Crippen molar-refractivity contribution in [1.82, 2.24) is 19.9 Å². The molecule has 0 atom stereocenters. The normalized spacial score (nSPS) is 15.9. The van der Waals surface area contributed by atoms with Gasteiger partial charge < -0.3 is 0 Å². The van der Waals surface area contributed by atoms with Gasteiger partial charge in [0.05, 0.1) is 42.1 Å². The van der Waals surface area contributed by atoms with E-state index in [4.69, 9.17) is 2.74 Å². The van der Waals surface area contributed by atoms with E-state index >= 15 is 0 Å². The molecule has 0 amide bonds. The summed E-state index contributed by atoms with van der Waals surface area (Å²) in [6.07, 6.45) is 3.12. The van der Waals surface area contributed by atoms with E-state index < -0.39 is 41.3 Å². The second-order valence-corrected chi connectivity index (χ2v) is 7.90. The van der Waals surface area contributed by atoms with E-state index in [9.17, 15) is 17.6 Å². The first-order valence-corrected chi connectivity index (χ1v) is 10.4. The molecule has 1 aliphatic carbocycles. The van der Waals surface area contributed by atoms with Crippen LogP contribution in [0.15, 0.2) is 60.6 Å². The number of aromatic nitrogens is 4. The maximum Gasteiger partial charge on any atom is 0.224 e. The second-order valence-electron chi connectivity index (χ2n) is 7.90. The number of hydrogen-bond acceptors (Lipinski definition) is 4. The summed E-state index contributed by atoms with van der Waals surface area (Å²) >= 11 is 0. The second kappa shape index (κ2) is 8.35. The number of pyridine rings is 4. The summed E-state index contributed by atoms with van der Waals surface area (Å²) in [7, 11) is 0. The third-order valence-corrected chi connectivity index (χ3v) is 6.00. The number of rotatable bonds is 4. The van der Waals surface area contributed by atoms with Gasteiger partial charge in [0.15, 0.2) is 0 Å². The highest BCUT2D eigenvalue weighted by Gasteiger charge is 2.40. The van der Waals surface area contributed by atoms with Crippen LogP contribution >= 0.6 is 0 Å². The molecule has 0 unspecified atom stereocenters. The predicted octanol–water partition coefficient (Wildman–Crippen LogP) is 6.02. The third-order valence-electron chi connectivity index (χ3n) is 6.00. The van der Waals surface area contributed by atoms with E-state index in [-0.39, 0.29) is 22.5 Å². The fourth-order valence-corrected chi connectivity index (χ4v) is 4.42. The van der Waals surface area contributed by atoms with Gasteiger partial charge >= 0.3 is 0 Å². The summed E-state index contributed by atoms with van der Waals surface area (Å²) in [5.41, 5.74) is 0.781. The molecule has 8 heteroatoms. The van der Waals surface area contributed by atoms with Gasteiger partial charge in [0, 0.05) is 0 Å². The summed E-state index contributed by atoms with van der Waals surface area (Å²) in [5.74, 6) is -4.52. The van der Waals surface area contributed by atoms with Crippen molar-refractivity contribution in [3.63, 3.8) is 0 Å². The van der Waals surface area contributed by atoms with Gasteiger partial charge in [-0.1, -0.05) is 25.0 Å². The highest BCUT2D eigenvalue weighted by Crippen LogP contribution is 2.45. The summed E-state index contributed by atoms with van der Waals surface area (Å²) < 4.78 is 71.1. The van der Waals surface area contributed by atoms with Gasteiger partial charge in [-0.2, -0.15) is 27.5 Å². The van der Waals surface area contributed by atoms with Crippen molar-refractivity contribution in [2.75, 3.05) is 0 Å². The Balaban J connectivity index is 1.62. The minimum atomic E-state index is -1.20. The number of hydrogen-bond donors (Lipinski definition) is 0. The fraction of sp³-hybridized carbons (Fsp3) is 0.200. The van der Waals surface area contributed by atoms with Crippen molar-refractivity contribution in [1.29, 1.82) is 0 Å². The Labute approximate surface area is 190 Å². The molecule has 166 valence electrons. The lowest BCUT2D eigenvalue weighted by Gasteiger charge is -2.29. The van der Waals surface area contributed by atoms with Crippen molar-refractivity contribution < 1.29 is 20.3 Å². The number of nitrogens with zero attached hydrogens (tertiary/aromatic N) is 4. The molecule has 4 aromatic rings. The predicted molar refractivity (Wildman–Crippen MR) is 114 cm³/mol. The molecular weight excluding hydrogens is 432 g/mol. The van der Waals surface area contributed by atoms with E-state index in [1.54, 1.807) is 36.4 Å². The quantitative estimate of drug-likeness (QED) is 0.281. The van der Waals surface area contributed by atoms with Crippen LogP contribution in [0.3, 0.4) is 0 Å². The van der Waals surface area contributed by atoms with Crippen LogP contribution in [0.25, 0.3) is 22.5 Å². The average Bonchev–Trinajstić information content (AvgIpc) is 3.35. The molecule has 4 aromatic heterocycles. The highest BCUT2D eigenvalue weighted by molar-refractivity contribution is 5.60. The van der Waals surface area contributed by atoms with Crippen molar-refractivity contribution >= 4 is 0 Å². The Hall–Kier alpha value is -3.68. The average molecular weight is 452 g/mol. The van der Waals surface area contributed by atoms with Crippen LogP contribution in [0, 0.1) is 23.8 Å². The lowest BCUT2D eigenvalue weighted by atomic mass is 9.78. The van der Waals surface area contributed by atoms with E-state index in [0.29, 0.717) is 24.2 Å². The third kappa shape index (κ3) is 3.86. The van der Waals surface area contributed by atoms with Crippen LogP contribution in [-0.4, -0.2) is 19.9 Å². The Morgan fingerprint density at radius 3 is 1.55 bits per heavy atom. The largest absolute Gasteiger partial charge is 0.252 e. The van der Waals surface area contributed by atoms with Crippen molar-refractivity contribution in [2.24, 2.45) is 0 Å². The molecule has 4 nitrogen and oxygen atoms in total. The Morgan fingerprint density at radius 1 is 0.636 bits per heavy atom. The van der Waals surface area contributed by atoms with E-state index in [2.05, 4.69) is 19.9 Å². The summed E-state index contributed by atoms with van der Waals surface area (Å²) in [4.78, 5) is 15.6. The molecule has 1 aliphatic rings. The summed E-state index contributed by atoms with van der Waals surface area (Å²) in [6.45, 7) is 0. The van der Waals surface area contributed by atoms with Crippen LogP contribution in [0.1, 0.15) is 39.8 Å². The maximum absolute atomic E-state index is 14.4. The summed E-state index contributed by atoms with van der Waals surface area (Å²) in [5, 5.41) is 0. The van der Waals surface area contributed by atoms with E-state index in [1.807, 2.05) is 0 Å². The zero-order valence-electron chi connectivity index (χ0n) is 19.2. The minimum absolute atomic E-state index is 0.0875. The van der Waals surface area contributed by atoms with Gasteiger partial charge in [-0.05, 0) is 61.3 Å². The van der Waals surface area contributed by atoms with Gasteiger partial charge in [0.25, 0.3) is 0 Å². The molecule has 0 aromatic carbocycles. The molecule has 0 radical (unpaired) electrons. The topological polar surface area (TPSA) is 51.6 Å². The molecular formula is C25H18F4N4. The first kappa shape index (κ1) is 18.8. The van der Waals surface area contributed by atoms with Crippen molar-refractivity contribution in [2.45, 2.75) is 31.1 Å². The van der Waals surface area contributed by atoms with Gasteiger partial charge in [-0.25, -0.2) is 0 Å². The van der Waals surface area contributed by atoms with E-state index in [1.165, 1.54) is 0 Å². The fourth-order valence-electron chi connectivity index (χ4n) is 4.42. The van der Waals surface area contributed by atoms with Crippen molar-refractivity contribution in [3.8, 4) is 22.5 Å². The molecule has 0 N–H and O–H groups in total. The van der Waals surface area contributed by atoms with Crippen LogP contribution in [0.5, 0.6) is 0 Å². The molecule has 0 spiro atoms. The molecule has 1 saturated carbocycles. The Kier molecular flexibility index (Phi) is 4.77. The first-order chi connectivity index (χ1) is 16.8. The lowest BCUT2D eigenvalue weighted by molar-refractivity contribution is 0.500. The van der Waals surface area contributed by atoms with Crippen molar-refractivity contribution in [3.05, 3.63) is 95.8 Å². The standard InChI is InChI=1S/C25H18F4N4/c26-21-11-9-15(23(28)32-21)17-5-3-7-19(30-17)25(13-1-2-14-25)20-8-4-6-18(31-20)16-10-12-22(27)33-24(16)29/h3-12H,1-2,13-14H2/i11D,12D. The van der Waals surface area contributed by atoms with Crippen LogP contribution < -0.4 is 0 Å². The van der Waals surface area contributed by atoms with E-state index in [0.717, 1.165) is 25.0 Å². The molecule has 4 heterocycles. The zero-order chi connectivity index (χ0) is 24.7. The van der Waals surface area contributed by atoms with Gasteiger partial charge in [0.1, 0.15) is 0 Å². The molecule has 33 heavy (non-hydrogen) atoms. The SMILES string of the molecule is [2H]c1cc(-c2cccc(C3(c4cccc(-c5cc([2H])c(F)nc5F)n4)CCCC3)n2)c(F)nc1F. The Morgan fingerprint density at radius 2 is 1.09 bits per heavy atom. The van der Waals surface area contributed by atoms with Gasteiger partial charge in [-0.15, -0.1) is 0 Å². The van der Waals surface area contributed by atoms with Crippen LogP contribution in [0.2, 0.25) is 0 Å². The molecule has 0 bridgehead atoms. The highest BCUT2D eigenvalue weighted by atomic mass is 19.1.